The fourth-order valence-electron chi connectivity index (χ4n) is 2.92. The van der Waals surface area contributed by atoms with E-state index in [4.69, 9.17) is 4.74 Å². The molecule has 182 valence electrons. The number of halogens is 1. The molecule has 0 aliphatic carbocycles. The van der Waals surface area contributed by atoms with Gasteiger partial charge in [-0.05, 0) is 19.1 Å². The number of thioether (sulfide) groups is 1. The van der Waals surface area contributed by atoms with E-state index in [9.17, 15) is 20.0 Å². The summed E-state index contributed by atoms with van der Waals surface area (Å²) in [6.45, 7) is 5.90. The lowest BCUT2D eigenvalue weighted by Gasteiger charge is -2.11. The highest BCUT2D eigenvalue weighted by molar-refractivity contribution is 9.10. The Kier molecular flexibility index (Phi) is 8.60. The van der Waals surface area contributed by atoms with Gasteiger partial charge in [0.05, 0.1) is 29.6 Å². The molecule has 2 aromatic carbocycles. The van der Waals surface area contributed by atoms with Gasteiger partial charge in [-0.3, -0.25) is 19.5 Å². The lowest BCUT2D eigenvalue weighted by atomic mass is 10.2. The molecule has 0 spiro atoms. The zero-order chi connectivity index (χ0) is 25.5. The third-order valence-electron chi connectivity index (χ3n) is 4.68. The van der Waals surface area contributed by atoms with Crippen molar-refractivity contribution in [2.75, 3.05) is 7.11 Å². The molecule has 1 heterocycles. The number of phenolic OH excluding ortho intramolecular Hbond substituents is 1. The summed E-state index contributed by atoms with van der Waals surface area (Å²) in [6.07, 6.45) is 2.82. The van der Waals surface area contributed by atoms with Gasteiger partial charge in [-0.15, -0.1) is 16.8 Å². The lowest BCUT2D eigenvalue weighted by molar-refractivity contribution is -0.385. The van der Waals surface area contributed by atoms with Crippen molar-refractivity contribution in [3.63, 3.8) is 0 Å². The molecule has 0 bridgehead atoms. The average molecular weight is 561 g/mol. The van der Waals surface area contributed by atoms with Crippen LogP contribution in [0.15, 0.2) is 63.8 Å². The molecule has 0 saturated heterocycles. The van der Waals surface area contributed by atoms with Crippen LogP contribution in [0.1, 0.15) is 12.5 Å². The average Bonchev–Trinajstić information content (AvgIpc) is 3.22. The van der Waals surface area contributed by atoms with Gasteiger partial charge in [-0.1, -0.05) is 45.9 Å². The molecule has 2 N–H and O–H groups in total. The van der Waals surface area contributed by atoms with Gasteiger partial charge in [-0.2, -0.15) is 5.10 Å². The highest BCUT2D eigenvalue weighted by Crippen LogP contribution is 2.33. The second-order valence-electron chi connectivity index (χ2n) is 7.05. The normalized spacial score (nSPS) is 11.9. The number of hydrogen-bond acceptors (Lipinski definition) is 9. The van der Waals surface area contributed by atoms with Gasteiger partial charge in [0, 0.05) is 28.2 Å². The number of amides is 1. The number of ether oxygens (including phenoxy) is 1. The molecular formula is C22H21BrN6O5S. The number of nitrogens with one attached hydrogen (secondary N) is 1. The molecule has 1 atom stereocenters. The number of allylic oxidation sites excluding steroid dienone is 1. The predicted octanol–water partition coefficient (Wildman–Crippen LogP) is 4.15. The molecule has 11 nitrogen and oxygen atoms in total. The number of phenols is 1. The number of non-ortho nitro benzene ring substituents is 1. The van der Waals surface area contributed by atoms with E-state index in [1.807, 2.05) is 28.8 Å². The summed E-state index contributed by atoms with van der Waals surface area (Å²) in [5.74, 6) is -0.224. The van der Waals surface area contributed by atoms with Gasteiger partial charge in [-0.25, -0.2) is 5.43 Å². The fourth-order valence-corrected chi connectivity index (χ4v) is 4.04. The largest absolute Gasteiger partial charge is 0.504 e. The number of aromatic nitrogens is 3. The lowest BCUT2D eigenvalue weighted by Crippen LogP contribution is -2.27. The Balaban J connectivity index is 1.73. The van der Waals surface area contributed by atoms with Crippen LogP contribution in [0.4, 0.5) is 5.69 Å². The summed E-state index contributed by atoms with van der Waals surface area (Å²) in [4.78, 5) is 23.0. The van der Waals surface area contributed by atoms with Crippen LogP contribution >= 0.6 is 27.7 Å². The summed E-state index contributed by atoms with van der Waals surface area (Å²) in [6, 6.07) is 9.82. The molecule has 13 heteroatoms. The number of nitrogens with zero attached hydrogens (tertiary/aromatic N) is 5. The second-order valence-corrected chi connectivity index (χ2v) is 9.27. The topological polar surface area (TPSA) is 145 Å². The molecule has 35 heavy (non-hydrogen) atoms. The number of nitro benzene ring substituents is 1. The van der Waals surface area contributed by atoms with Crippen molar-refractivity contribution in [3.05, 3.63) is 69.2 Å². The van der Waals surface area contributed by atoms with Crippen molar-refractivity contribution in [1.29, 1.82) is 0 Å². The molecule has 1 amide bonds. The molecular weight excluding hydrogens is 540 g/mol. The van der Waals surface area contributed by atoms with Crippen LogP contribution < -0.4 is 10.2 Å². The Hall–Kier alpha value is -3.71. The third-order valence-corrected chi connectivity index (χ3v) is 6.29. The molecule has 0 radical (unpaired) electrons. The van der Waals surface area contributed by atoms with E-state index in [-0.39, 0.29) is 22.7 Å². The maximum atomic E-state index is 12.6. The van der Waals surface area contributed by atoms with E-state index < -0.39 is 16.1 Å². The number of carbonyl (C=O) groups excluding carboxylic acids is 1. The van der Waals surface area contributed by atoms with E-state index in [0.717, 1.165) is 28.4 Å². The number of rotatable bonds is 10. The second kappa shape index (κ2) is 11.6. The van der Waals surface area contributed by atoms with Crippen molar-refractivity contribution >= 4 is 45.5 Å². The van der Waals surface area contributed by atoms with Gasteiger partial charge in [0.1, 0.15) is 0 Å². The maximum Gasteiger partial charge on any atom is 0.274 e. The van der Waals surface area contributed by atoms with Crippen molar-refractivity contribution in [2.45, 2.75) is 23.9 Å². The van der Waals surface area contributed by atoms with Crippen molar-refractivity contribution in [3.8, 4) is 22.9 Å². The summed E-state index contributed by atoms with van der Waals surface area (Å²) < 4.78 is 7.73. The van der Waals surface area contributed by atoms with Crippen LogP contribution in [-0.4, -0.2) is 49.3 Å². The third kappa shape index (κ3) is 6.25. The number of hydrazone groups is 1. The Morgan fingerprint density at radius 3 is 2.74 bits per heavy atom. The Bertz CT molecular complexity index is 1280. The minimum atomic E-state index is -0.626. The van der Waals surface area contributed by atoms with Crippen molar-refractivity contribution in [2.24, 2.45) is 5.10 Å². The number of aromatic hydroxyl groups is 1. The van der Waals surface area contributed by atoms with Crippen molar-refractivity contribution in [1.82, 2.24) is 20.2 Å². The first-order valence-corrected chi connectivity index (χ1v) is 11.8. The smallest absolute Gasteiger partial charge is 0.274 e. The first-order chi connectivity index (χ1) is 16.7. The zero-order valence-corrected chi connectivity index (χ0v) is 21.1. The van der Waals surface area contributed by atoms with E-state index in [1.54, 1.807) is 13.0 Å². The van der Waals surface area contributed by atoms with Crippen molar-refractivity contribution < 1.29 is 19.6 Å². The summed E-state index contributed by atoms with van der Waals surface area (Å²) >= 11 is 4.59. The van der Waals surface area contributed by atoms with E-state index >= 15 is 0 Å². The SMILES string of the molecule is C=CCn1c(S[C@H](C)C(=O)NN=Cc2cc([N+](=O)[O-])cc(OC)c2O)nnc1-c1ccc(Br)cc1. The Morgan fingerprint density at radius 2 is 2.11 bits per heavy atom. The monoisotopic (exact) mass is 560 g/mol. The maximum absolute atomic E-state index is 12.6. The molecule has 0 saturated carbocycles. The molecule has 0 fully saturated rings. The minimum Gasteiger partial charge on any atom is -0.504 e. The number of hydrogen-bond donors (Lipinski definition) is 2. The van der Waals surface area contributed by atoms with Crippen LogP contribution in [0.25, 0.3) is 11.4 Å². The quantitative estimate of drug-likeness (QED) is 0.124. The number of carbonyl (C=O) groups is 1. The number of nitro groups is 1. The summed E-state index contributed by atoms with van der Waals surface area (Å²) in [5, 5.41) is 33.5. The number of methoxy groups -OCH3 is 1. The van der Waals surface area contributed by atoms with E-state index in [0.29, 0.717) is 17.5 Å². The predicted molar refractivity (Wildman–Crippen MR) is 136 cm³/mol. The van der Waals surface area contributed by atoms with Crippen LogP contribution in [0.3, 0.4) is 0 Å². The standard InChI is InChI=1S/C22H21BrN6O5S/c1-4-9-28-20(14-5-7-16(23)8-6-14)25-27-22(28)35-13(2)21(31)26-24-12-15-10-17(29(32)33)11-18(34-3)19(15)30/h4-8,10-13,30H,1,9H2,2-3H3,(H,26,31)/t13-/m1/s1. The summed E-state index contributed by atoms with van der Waals surface area (Å²) in [7, 11) is 1.27. The van der Waals surface area contributed by atoms with E-state index in [1.165, 1.54) is 18.9 Å². The highest BCUT2D eigenvalue weighted by atomic mass is 79.9. The minimum absolute atomic E-state index is 0.0153. The van der Waals surface area contributed by atoms with Gasteiger partial charge in [0.15, 0.2) is 22.5 Å². The molecule has 0 unspecified atom stereocenters. The molecule has 3 aromatic rings. The molecule has 3 rings (SSSR count). The van der Waals surface area contributed by atoms with Gasteiger partial charge >= 0.3 is 0 Å². The molecule has 1 aromatic heterocycles. The van der Waals surface area contributed by atoms with Crippen LogP contribution in [0.5, 0.6) is 11.5 Å². The van der Waals surface area contributed by atoms with Crippen LogP contribution in [-0.2, 0) is 11.3 Å². The Morgan fingerprint density at radius 1 is 1.40 bits per heavy atom. The van der Waals surface area contributed by atoms with Gasteiger partial charge in [0.25, 0.3) is 11.6 Å². The summed E-state index contributed by atoms with van der Waals surface area (Å²) in [5.41, 5.74) is 2.95. The zero-order valence-electron chi connectivity index (χ0n) is 18.7. The van der Waals surface area contributed by atoms with Gasteiger partial charge < -0.3 is 9.84 Å². The fraction of sp³-hybridized carbons (Fsp3) is 0.182. The highest BCUT2D eigenvalue weighted by Gasteiger charge is 2.21. The first-order valence-electron chi connectivity index (χ1n) is 10.1. The first kappa shape index (κ1) is 25.9. The number of benzene rings is 2. The molecule has 0 aliphatic heterocycles. The van der Waals surface area contributed by atoms with Gasteiger partial charge in [0.2, 0.25) is 0 Å². The molecule has 0 aliphatic rings. The van der Waals surface area contributed by atoms with Crippen LogP contribution in [0, 0.1) is 10.1 Å². The van der Waals surface area contributed by atoms with Crippen LogP contribution in [0.2, 0.25) is 0 Å². The van der Waals surface area contributed by atoms with E-state index in [2.05, 4.69) is 43.2 Å². The Labute approximate surface area is 213 Å².